The fourth-order valence-electron chi connectivity index (χ4n) is 4.34. The quantitative estimate of drug-likeness (QED) is 0.242. The van der Waals surface area contributed by atoms with E-state index in [1.54, 1.807) is 24.3 Å². The summed E-state index contributed by atoms with van der Waals surface area (Å²) >= 11 is 0. The molecule has 3 rings (SSSR count). The predicted octanol–water partition coefficient (Wildman–Crippen LogP) is 2.44. The Labute approximate surface area is 238 Å². The van der Waals surface area contributed by atoms with Gasteiger partial charge < -0.3 is 31.2 Å². The van der Waals surface area contributed by atoms with Crippen molar-refractivity contribution < 1.29 is 33.0 Å². The summed E-state index contributed by atoms with van der Waals surface area (Å²) in [5, 5.41) is 8.25. The van der Waals surface area contributed by atoms with E-state index in [1.807, 2.05) is 30.3 Å². The first-order valence-electron chi connectivity index (χ1n) is 13.7. The summed E-state index contributed by atoms with van der Waals surface area (Å²) in [6, 6.07) is 12.1. The van der Waals surface area contributed by atoms with E-state index in [-0.39, 0.29) is 44.4 Å². The number of ether oxygens (including phenoxy) is 2. The third kappa shape index (κ3) is 11.4. The van der Waals surface area contributed by atoms with E-state index < -0.39 is 30.0 Å². The number of cyclic esters (lactones) is 1. The number of unbranched alkanes of at least 4 members (excludes halogenated alkanes) is 1. The van der Waals surface area contributed by atoms with Crippen molar-refractivity contribution in [2.75, 3.05) is 19.8 Å². The molecule has 5 N–H and O–H groups in total. The van der Waals surface area contributed by atoms with Gasteiger partial charge in [-0.1, -0.05) is 61.0 Å². The van der Waals surface area contributed by atoms with Gasteiger partial charge in [-0.25, -0.2) is 9.18 Å². The maximum atomic E-state index is 14.4. The van der Waals surface area contributed by atoms with Crippen LogP contribution in [0.5, 0.6) is 0 Å². The fraction of sp³-hybridized carbons (Fsp3) is 0.400. The highest BCUT2D eigenvalue weighted by Gasteiger charge is 2.27. The lowest BCUT2D eigenvalue weighted by Crippen LogP contribution is -2.54. The zero-order valence-electron chi connectivity index (χ0n) is 22.9. The van der Waals surface area contributed by atoms with Crippen LogP contribution in [0.3, 0.4) is 0 Å². The van der Waals surface area contributed by atoms with E-state index in [2.05, 4.69) is 16.0 Å². The SMILES string of the molecule is NC(=O)COCc1ccc(F)c(CCCC[C@@H]2NC(=O)OC/C=C/CCNC(=O)[C@@H](Cc3ccccc3)NC2=O)c1. The molecule has 4 amide bonds. The van der Waals surface area contributed by atoms with E-state index in [1.165, 1.54) is 6.07 Å². The van der Waals surface area contributed by atoms with Crippen molar-refractivity contribution in [3.05, 3.63) is 83.2 Å². The van der Waals surface area contributed by atoms with E-state index in [9.17, 15) is 23.6 Å². The van der Waals surface area contributed by atoms with Crippen LogP contribution in [-0.2, 0) is 43.3 Å². The molecule has 0 fully saturated rings. The standard InChI is InChI=1S/C30H37FN4O6/c31-24-14-13-22(19-40-20-27(32)36)17-23(24)11-5-6-12-25-29(38)34-26(18-21-9-3-1-4-10-21)28(37)33-15-7-2-8-16-41-30(39)35-25/h1-4,8-10,13-14,17,25-26H,5-7,11-12,15-16,18-20H2,(H2,32,36)(H,33,37)(H,34,38)(H,35,39)/b8-2+/t25-,26+/m0/s1. The molecule has 0 unspecified atom stereocenters. The molecule has 0 aromatic heterocycles. The van der Waals surface area contributed by atoms with Gasteiger partial charge >= 0.3 is 6.09 Å². The summed E-state index contributed by atoms with van der Waals surface area (Å²) in [5.41, 5.74) is 7.13. The maximum Gasteiger partial charge on any atom is 0.408 e. The van der Waals surface area contributed by atoms with Crippen LogP contribution in [0, 0.1) is 5.82 Å². The van der Waals surface area contributed by atoms with Crippen molar-refractivity contribution >= 4 is 23.8 Å². The highest BCUT2D eigenvalue weighted by atomic mass is 19.1. The number of halogens is 1. The number of aryl methyl sites for hydroxylation is 1. The average Bonchev–Trinajstić information content (AvgIpc) is 2.95. The third-order valence-corrected chi connectivity index (χ3v) is 6.42. The van der Waals surface area contributed by atoms with E-state index in [0.29, 0.717) is 43.4 Å². The van der Waals surface area contributed by atoms with E-state index in [4.69, 9.17) is 15.2 Å². The Bertz CT molecular complexity index is 1210. The topological polar surface area (TPSA) is 149 Å². The minimum Gasteiger partial charge on any atom is -0.445 e. The van der Waals surface area contributed by atoms with Crippen LogP contribution in [0.15, 0.2) is 60.7 Å². The molecular formula is C30H37FN4O6. The Morgan fingerprint density at radius 2 is 1.78 bits per heavy atom. The average molecular weight is 569 g/mol. The number of carbonyl (C=O) groups excluding carboxylic acids is 4. The Balaban J connectivity index is 1.64. The Hall–Kier alpha value is -4.25. The van der Waals surface area contributed by atoms with Crippen molar-refractivity contribution in [3.63, 3.8) is 0 Å². The molecule has 0 bridgehead atoms. The molecule has 0 aliphatic carbocycles. The number of amides is 4. The van der Waals surface area contributed by atoms with Crippen LogP contribution in [0.25, 0.3) is 0 Å². The van der Waals surface area contributed by atoms with Crippen LogP contribution in [-0.4, -0.2) is 55.7 Å². The van der Waals surface area contributed by atoms with Crippen molar-refractivity contribution in [3.8, 4) is 0 Å². The number of hydrogen-bond acceptors (Lipinski definition) is 6. The smallest absolute Gasteiger partial charge is 0.408 e. The molecule has 1 aliphatic rings. The molecular weight excluding hydrogens is 531 g/mol. The summed E-state index contributed by atoms with van der Waals surface area (Å²) in [6.45, 7) is 0.303. The summed E-state index contributed by atoms with van der Waals surface area (Å²) in [7, 11) is 0. The number of carbonyl (C=O) groups is 4. The molecule has 1 aliphatic heterocycles. The molecule has 41 heavy (non-hydrogen) atoms. The minimum absolute atomic E-state index is 0.0313. The molecule has 0 spiro atoms. The highest BCUT2D eigenvalue weighted by molar-refractivity contribution is 5.91. The van der Waals surface area contributed by atoms with Crippen molar-refractivity contribution in [2.45, 2.75) is 57.2 Å². The first-order valence-corrected chi connectivity index (χ1v) is 13.7. The molecule has 0 radical (unpaired) electrons. The molecule has 11 heteroatoms. The number of rotatable bonds is 11. The third-order valence-electron chi connectivity index (χ3n) is 6.42. The first-order chi connectivity index (χ1) is 19.8. The molecule has 2 aromatic carbocycles. The Morgan fingerprint density at radius 3 is 2.56 bits per heavy atom. The van der Waals surface area contributed by atoms with E-state index >= 15 is 0 Å². The number of alkyl carbamates (subject to hydrolysis) is 1. The molecule has 0 saturated carbocycles. The van der Waals surface area contributed by atoms with Crippen LogP contribution in [0.1, 0.15) is 42.4 Å². The van der Waals surface area contributed by atoms with Gasteiger partial charge in [-0.15, -0.1) is 0 Å². The van der Waals surface area contributed by atoms with Gasteiger partial charge in [0.25, 0.3) is 0 Å². The number of primary amides is 1. The van der Waals surface area contributed by atoms with Crippen LogP contribution in [0.4, 0.5) is 9.18 Å². The van der Waals surface area contributed by atoms with Crippen LogP contribution < -0.4 is 21.7 Å². The first kappa shape index (κ1) is 31.3. The monoisotopic (exact) mass is 568 g/mol. The second-order valence-electron chi connectivity index (χ2n) is 9.73. The normalized spacial score (nSPS) is 19.2. The molecule has 10 nitrogen and oxygen atoms in total. The second kappa shape index (κ2) is 16.8. The molecule has 2 aromatic rings. The van der Waals surface area contributed by atoms with Crippen molar-refractivity contribution in [1.82, 2.24) is 16.0 Å². The van der Waals surface area contributed by atoms with Gasteiger partial charge in [-0.2, -0.15) is 0 Å². The molecule has 0 saturated heterocycles. The van der Waals surface area contributed by atoms with Gasteiger partial charge in [-0.3, -0.25) is 14.4 Å². The van der Waals surface area contributed by atoms with Gasteiger partial charge in [0.05, 0.1) is 6.61 Å². The lowest BCUT2D eigenvalue weighted by Gasteiger charge is -2.23. The summed E-state index contributed by atoms with van der Waals surface area (Å²) in [4.78, 5) is 49.5. The second-order valence-corrected chi connectivity index (χ2v) is 9.73. The summed E-state index contributed by atoms with van der Waals surface area (Å²) < 4.78 is 24.8. The van der Waals surface area contributed by atoms with Gasteiger partial charge in [0.15, 0.2) is 0 Å². The molecule has 220 valence electrons. The zero-order chi connectivity index (χ0) is 29.5. The van der Waals surface area contributed by atoms with Crippen molar-refractivity contribution in [1.29, 1.82) is 0 Å². The number of nitrogens with two attached hydrogens (primary N) is 1. The maximum absolute atomic E-state index is 14.4. The lowest BCUT2D eigenvalue weighted by atomic mass is 10.0. The minimum atomic E-state index is -0.959. The van der Waals surface area contributed by atoms with Gasteiger partial charge in [0, 0.05) is 13.0 Å². The predicted molar refractivity (Wildman–Crippen MR) is 150 cm³/mol. The Morgan fingerprint density at radius 1 is 0.976 bits per heavy atom. The fourth-order valence-corrected chi connectivity index (χ4v) is 4.34. The van der Waals surface area contributed by atoms with E-state index in [0.717, 1.165) is 5.56 Å². The van der Waals surface area contributed by atoms with Crippen LogP contribution >= 0.6 is 0 Å². The van der Waals surface area contributed by atoms with Gasteiger partial charge in [-0.05, 0) is 48.4 Å². The Kier molecular flexibility index (Phi) is 12.8. The molecule has 1 heterocycles. The zero-order valence-corrected chi connectivity index (χ0v) is 22.9. The van der Waals surface area contributed by atoms with Gasteiger partial charge in [0.2, 0.25) is 17.7 Å². The lowest BCUT2D eigenvalue weighted by molar-refractivity contribution is -0.130. The summed E-state index contributed by atoms with van der Waals surface area (Å²) in [6.07, 6.45) is 5.22. The van der Waals surface area contributed by atoms with Crippen LogP contribution in [0.2, 0.25) is 0 Å². The van der Waals surface area contributed by atoms with Gasteiger partial charge in [0.1, 0.15) is 31.1 Å². The number of hydrogen-bond donors (Lipinski definition) is 4. The number of benzene rings is 2. The number of nitrogens with one attached hydrogen (secondary N) is 3. The summed E-state index contributed by atoms with van der Waals surface area (Å²) in [5.74, 6) is -1.78. The largest absolute Gasteiger partial charge is 0.445 e. The van der Waals surface area contributed by atoms with Crippen molar-refractivity contribution in [2.24, 2.45) is 5.73 Å². The molecule has 2 atom stereocenters. The highest BCUT2D eigenvalue weighted by Crippen LogP contribution is 2.16.